The molecule has 0 amide bonds. The summed E-state index contributed by atoms with van der Waals surface area (Å²) in [7, 11) is 0. The van der Waals surface area contributed by atoms with Gasteiger partial charge in [0, 0.05) is 5.92 Å². The summed E-state index contributed by atoms with van der Waals surface area (Å²) in [5, 5.41) is 0. The molecular formula is C13H22O3. The molecule has 1 heterocycles. The van der Waals surface area contributed by atoms with Gasteiger partial charge in [-0.2, -0.15) is 0 Å². The maximum atomic E-state index is 12.2. The molecule has 1 aliphatic carbocycles. The predicted molar refractivity (Wildman–Crippen MR) is 61.1 cm³/mol. The molecule has 2 unspecified atom stereocenters. The maximum Gasteiger partial charge on any atom is 0.164 e. The van der Waals surface area contributed by atoms with E-state index in [1.807, 2.05) is 0 Å². The van der Waals surface area contributed by atoms with Crippen LogP contribution in [-0.2, 0) is 14.3 Å². The highest BCUT2D eigenvalue weighted by molar-refractivity contribution is 5.81. The second kappa shape index (κ2) is 5.78. The van der Waals surface area contributed by atoms with Crippen molar-refractivity contribution in [3.05, 3.63) is 0 Å². The van der Waals surface area contributed by atoms with Crippen molar-refractivity contribution in [1.82, 2.24) is 0 Å². The van der Waals surface area contributed by atoms with E-state index in [1.165, 1.54) is 19.3 Å². The lowest BCUT2D eigenvalue weighted by atomic mass is 9.75. The molecule has 2 fully saturated rings. The normalized spacial score (nSPS) is 31.8. The van der Waals surface area contributed by atoms with Crippen molar-refractivity contribution in [3.63, 3.8) is 0 Å². The SMILES string of the molecule is CCC1CCCCC1C(=O)CC1OCCO1. The molecule has 1 saturated carbocycles. The van der Waals surface area contributed by atoms with Crippen molar-refractivity contribution in [2.24, 2.45) is 11.8 Å². The van der Waals surface area contributed by atoms with Gasteiger partial charge in [-0.15, -0.1) is 0 Å². The highest BCUT2D eigenvalue weighted by Gasteiger charge is 2.31. The van der Waals surface area contributed by atoms with Crippen LogP contribution in [0.15, 0.2) is 0 Å². The fourth-order valence-electron chi connectivity index (χ4n) is 2.96. The van der Waals surface area contributed by atoms with E-state index in [4.69, 9.17) is 9.47 Å². The van der Waals surface area contributed by atoms with Gasteiger partial charge in [-0.25, -0.2) is 0 Å². The van der Waals surface area contributed by atoms with E-state index in [0.29, 0.717) is 31.3 Å². The van der Waals surface area contributed by atoms with Gasteiger partial charge in [0.2, 0.25) is 0 Å². The molecule has 2 rings (SSSR count). The second-order valence-electron chi connectivity index (χ2n) is 4.90. The van der Waals surface area contributed by atoms with Crippen LogP contribution in [0.25, 0.3) is 0 Å². The quantitative estimate of drug-likeness (QED) is 0.739. The summed E-state index contributed by atoms with van der Waals surface area (Å²) in [4.78, 5) is 12.2. The molecule has 16 heavy (non-hydrogen) atoms. The molecule has 92 valence electrons. The summed E-state index contributed by atoms with van der Waals surface area (Å²) in [5.74, 6) is 1.23. The van der Waals surface area contributed by atoms with Crippen molar-refractivity contribution in [3.8, 4) is 0 Å². The van der Waals surface area contributed by atoms with Crippen LogP contribution in [0.3, 0.4) is 0 Å². The Balaban J connectivity index is 1.86. The van der Waals surface area contributed by atoms with Gasteiger partial charge >= 0.3 is 0 Å². The molecule has 0 N–H and O–H groups in total. The molecule has 0 aromatic heterocycles. The number of carbonyl (C=O) groups excluding carboxylic acids is 1. The summed E-state index contributed by atoms with van der Waals surface area (Å²) in [5.41, 5.74) is 0. The van der Waals surface area contributed by atoms with Crippen LogP contribution in [0, 0.1) is 11.8 Å². The number of carbonyl (C=O) groups is 1. The molecule has 0 spiro atoms. The van der Waals surface area contributed by atoms with E-state index in [-0.39, 0.29) is 12.2 Å². The van der Waals surface area contributed by atoms with E-state index in [9.17, 15) is 4.79 Å². The Labute approximate surface area is 97.5 Å². The van der Waals surface area contributed by atoms with Crippen LogP contribution >= 0.6 is 0 Å². The van der Waals surface area contributed by atoms with Crippen LogP contribution in [0.2, 0.25) is 0 Å². The fourth-order valence-corrected chi connectivity index (χ4v) is 2.96. The number of ether oxygens (including phenoxy) is 2. The number of ketones is 1. The second-order valence-corrected chi connectivity index (χ2v) is 4.90. The van der Waals surface area contributed by atoms with Gasteiger partial charge in [0.1, 0.15) is 5.78 Å². The molecule has 0 aromatic carbocycles. The van der Waals surface area contributed by atoms with Crippen LogP contribution in [0.5, 0.6) is 0 Å². The number of Topliss-reactive ketones (excluding diaryl/α,β-unsaturated/α-hetero) is 1. The summed E-state index contributed by atoms with van der Waals surface area (Å²) in [6.07, 6.45) is 6.12. The van der Waals surface area contributed by atoms with E-state index >= 15 is 0 Å². The zero-order valence-electron chi connectivity index (χ0n) is 10.1. The first-order chi connectivity index (χ1) is 7.81. The van der Waals surface area contributed by atoms with Gasteiger partial charge in [0.25, 0.3) is 0 Å². The first-order valence-electron chi connectivity index (χ1n) is 6.57. The van der Waals surface area contributed by atoms with Crippen LogP contribution in [-0.4, -0.2) is 25.3 Å². The molecule has 1 aliphatic heterocycles. The minimum atomic E-state index is -0.257. The average molecular weight is 226 g/mol. The zero-order chi connectivity index (χ0) is 11.4. The van der Waals surface area contributed by atoms with Gasteiger partial charge in [0.15, 0.2) is 6.29 Å². The highest BCUT2D eigenvalue weighted by atomic mass is 16.7. The smallest absolute Gasteiger partial charge is 0.164 e. The lowest BCUT2D eigenvalue weighted by Gasteiger charge is -2.30. The first-order valence-corrected chi connectivity index (χ1v) is 6.57. The Kier molecular flexibility index (Phi) is 4.36. The molecule has 1 saturated heterocycles. The van der Waals surface area contributed by atoms with Crippen molar-refractivity contribution >= 4 is 5.78 Å². The Hall–Kier alpha value is -0.410. The van der Waals surface area contributed by atoms with Gasteiger partial charge < -0.3 is 9.47 Å². The van der Waals surface area contributed by atoms with Crippen LogP contribution < -0.4 is 0 Å². The molecule has 2 atom stereocenters. The monoisotopic (exact) mass is 226 g/mol. The third kappa shape index (κ3) is 2.83. The number of rotatable bonds is 4. The predicted octanol–water partition coefficient (Wildman–Crippen LogP) is 2.53. The molecule has 0 radical (unpaired) electrons. The molecule has 0 bridgehead atoms. The van der Waals surface area contributed by atoms with E-state index in [2.05, 4.69) is 6.92 Å². The van der Waals surface area contributed by atoms with Gasteiger partial charge in [0.05, 0.1) is 19.6 Å². The van der Waals surface area contributed by atoms with Gasteiger partial charge in [-0.3, -0.25) is 4.79 Å². The Morgan fingerprint density at radius 2 is 1.88 bits per heavy atom. The van der Waals surface area contributed by atoms with E-state index < -0.39 is 0 Å². The van der Waals surface area contributed by atoms with Crippen molar-refractivity contribution in [2.45, 2.75) is 51.7 Å². The summed E-state index contributed by atoms with van der Waals surface area (Å²) in [6, 6.07) is 0. The Morgan fingerprint density at radius 1 is 1.19 bits per heavy atom. The largest absolute Gasteiger partial charge is 0.350 e. The molecular weight excluding hydrogens is 204 g/mol. The first kappa shape index (κ1) is 12.1. The van der Waals surface area contributed by atoms with Gasteiger partial charge in [-0.1, -0.05) is 26.2 Å². The third-order valence-corrected chi connectivity index (χ3v) is 3.91. The molecule has 3 heteroatoms. The van der Waals surface area contributed by atoms with Crippen molar-refractivity contribution in [1.29, 1.82) is 0 Å². The topological polar surface area (TPSA) is 35.5 Å². The summed E-state index contributed by atoms with van der Waals surface area (Å²) in [6.45, 7) is 3.47. The van der Waals surface area contributed by atoms with E-state index in [1.54, 1.807) is 0 Å². The van der Waals surface area contributed by atoms with Crippen LogP contribution in [0.4, 0.5) is 0 Å². The minimum absolute atomic E-state index is 0.257. The van der Waals surface area contributed by atoms with E-state index in [0.717, 1.165) is 12.8 Å². The van der Waals surface area contributed by atoms with Gasteiger partial charge in [-0.05, 0) is 18.8 Å². The fraction of sp³-hybridized carbons (Fsp3) is 0.923. The molecule has 2 aliphatic rings. The zero-order valence-corrected chi connectivity index (χ0v) is 10.1. The van der Waals surface area contributed by atoms with Crippen molar-refractivity contribution in [2.75, 3.05) is 13.2 Å². The number of hydrogen-bond donors (Lipinski definition) is 0. The lowest BCUT2D eigenvalue weighted by molar-refractivity contribution is -0.134. The maximum absolute atomic E-state index is 12.2. The molecule has 3 nitrogen and oxygen atoms in total. The van der Waals surface area contributed by atoms with Crippen LogP contribution in [0.1, 0.15) is 45.4 Å². The Morgan fingerprint density at radius 3 is 2.56 bits per heavy atom. The lowest BCUT2D eigenvalue weighted by Crippen LogP contribution is -2.29. The standard InChI is InChI=1S/C13H22O3/c1-2-10-5-3-4-6-11(10)12(14)9-13-15-7-8-16-13/h10-11,13H,2-9H2,1H3. The average Bonchev–Trinajstić information content (AvgIpc) is 2.81. The van der Waals surface area contributed by atoms with Crippen molar-refractivity contribution < 1.29 is 14.3 Å². The highest BCUT2D eigenvalue weighted by Crippen LogP contribution is 2.34. The number of hydrogen-bond acceptors (Lipinski definition) is 3. The molecule has 0 aromatic rings. The minimum Gasteiger partial charge on any atom is -0.350 e. The third-order valence-electron chi connectivity index (χ3n) is 3.91. The Bertz CT molecular complexity index is 233. The summed E-state index contributed by atoms with van der Waals surface area (Å²) >= 11 is 0. The summed E-state index contributed by atoms with van der Waals surface area (Å²) < 4.78 is 10.7.